The molecule has 1 heterocycles. The largest absolute Gasteiger partial charge is 0.202 e. The number of aromatic nitrogens is 1. The highest BCUT2D eigenvalue weighted by molar-refractivity contribution is 4.84. The minimum absolute atomic E-state index is 0.715. The predicted octanol–water partition coefficient (Wildman–Crippen LogP) is 4.29. The average Bonchev–Trinajstić information content (AvgIpc) is 2.35. The topological polar surface area (TPSA) is 3.88 Å². The lowest BCUT2D eigenvalue weighted by molar-refractivity contribution is -0.724. The summed E-state index contributed by atoms with van der Waals surface area (Å²) >= 11 is 0. The number of hydrogen-bond donors (Lipinski definition) is 0. The van der Waals surface area contributed by atoms with Gasteiger partial charge in [-0.05, 0) is 12.8 Å². The number of rotatable bonds is 8. The molecule has 0 aliphatic rings. The zero-order valence-electron chi connectivity index (χ0n) is 10.9. The number of unbranched alkanes of at least 4 members (excludes halogenated alkanes) is 3. The van der Waals surface area contributed by atoms with Crippen LogP contribution in [0.1, 0.15) is 64.8 Å². The molecule has 1 atom stereocenters. The fraction of sp³-hybridized carbons (Fsp3) is 0.667. The Morgan fingerprint density at radius 2 is 1.44 bits per heavy atom. The van der Waals surface area contributed by atoms with Crippen LogP contribution in [0.2, 0.25) is 0 Å². The first-order valence-electron chi connectivity index (χ1n) is 6.84. The SMILES string of the molecule is CCCCCC(CCCC)[n+]1ccccc1. The van der Waals surface area contributed by atoms with Crippen LogP contribution in [-0.4, -0.2) is 0 Å². The van der Waals surface area contributed by atoms with Crippen molar-refractivity contribution in [1.29, 1.82) is 0 Å². The molecule has 0 saturated heterocycles. The predicted molar refractivity (Wildman–Crippen MR) is 69.3 cm³/mol. The summed E-state index contributed by atoms with van der Waals surface area (Å²) in [6.45, 7) is 4.55. The molecule has 0 spiro atoms. The molecule has 16 heavy (non-hydrogen) atoms. The Bertz CT molecular complexity index is 255. The van der Waals surface area contributed by atoms with Crippen LogP contribution in [0, 0.1) is 0 Å². The molecule has 1 aromatic rings. The monoisotopic (exact) mass is 220 g/mol. The van der Waals surface area contributed by atoms with Crippen LogP contribution in [0.25, 0.3) is 0 Å². The fourth-order valence-corrected chi connectivity index (χ4v) is 2.17. The van der Waals surface area contributed by atoms with Gasteiger partial charge in [-0.2, -0.15) is 0 Å². The Balaban J connectivity index is 2.49. The van der Waals surface area contributed by atoms with Crippen molar-refractivity contribution in [1.82, 2.24) is 0 Å². The van der Waals surface area contributed by atoms with E-state index in [1.807, 2.05) is 0 Å². The summed E-state index contributed by atoms with van der Waals surface area (Å²) in [5, 5.41) is 0. The van der Waals surface area contributed by atoms with Gasteiger partial charge in [-0.25, -0.2) is 4.57 Å². The summed E-state index contributed by atoms with van der Waals surface area (Å²) in [4.78, 5) is 0. The first kappa shape index (κ1) is 13.2. The lowest BCUT2D eigenvalue weighted by atomic mass is 10.0. The Morgan fingerprint density at radius 1 is 0.812 bits per heavy atom. The van der Waals surface area contributed by atoms with Gasteiger partial charge in [-0.1, -0.05) is 39.2 Å². The Morgan fingerprint density at radius 3 is 2.06 bits per heavy atom. The van der Waals surface area contributed by atoms with Gasteiger partial charge in [-0.3, -0.25) is 0 Å². The van der Waals surface area contributed by atoms with Gasteiger partial charge < -0.3 is 0 Å². The van der Waals surface area contributed by atoms with Gasteiger partial charge in [0.15, 0.2) is 18.4 Å². The molecule has 0 aliphatic heterocycles. The van der Waals surface area contributed by atoms with Crippen molar-refractivity contribution in [2.75, 3.05) is 0 Å². The van der Waals surface area contributed by atoms with E-state index < -0.39 is 0 Å². The second-order valence-electron chi connectivity index (χ2n) is 4.61. The summed E-state index contributed by atoms with van der Waals surface area (Å²) in [6.07, 6.45) is 13.8. The smallest absolute Gasteiger partial charge is 0.169 e. The van der Waals surface area contributed by atoms with Crippen LogP contribution < -0.4 is 4.57 Å². The van der Waals surface area contributed by atoms with E-state index in [4.69, 9.17) is 0 Å². The molecule has 1 nitrogen and oxygen atoms in total. The second kappa shape index (κ2) is 8.32. The van der Waals surface area contributed by atoms with E-state index >= 15 is 0 Å². The van der Waals surface area contributed by atoms with E-state index in [0.29, 0.717) is 6.04 Å². The lowest BCUT2D eigenvalue weighted by Gasteiger charge is -2.11. The van der Waals surface area contributed by atoms with Gasteiger partial charge in [-0.15, -0.1) is 0 Å². The first-order valence-corrected chi connectivity index (χ1v) is 6.84. The molecule has 1 unspecified atom stereocenters. The number of nitrogens with zero attached hydrogens (tertiary/aromatic N) is 1. The molecule has 1 rings (SSSR count). The van der Waals surface area contributed by atoms with Gasteiger partial charge in [0.25, 0.3) is 0 Å². The van der Waals surface area contributed by atoms with Crippen LogP contribution in [0.3, 0.4) is 0 Å². The van der Waals surface area contributed by atoms with Gasteiger partial charge >= 0.3 is 0 Å². The maximum absolute atomic E-state index is 2.39. The first-order chi connectivity index (χ1) is 7.88. The standard InChI is InChI=1S/C15H26N/c1-3-5-8-12-15(11-6-4-2)16-13-9-7-10-14-16/h7,9-10,13-15H,3-6,8,11-12H2,1-2H3/q+1. The molecule has 0 amide bonds. The summed E-state index contributed by atoms with van der Waals surface area (Å²) < 4.78 is 2.39. The highest BCUT2D eigenvalue weighted by Gasteiger charge is 2.16. The average molecular weight is 220 g/mol. The summed E-state index contributed by atoms with van der Waals surface area (Å²) in [7, 11) is 0. The summed E-state index contributed by atoms with van der Waals surface area (Å²) in [5.41, 5.74) is 0. The minimum Gasteiger partial charge on any atom is -0.202 e. The van der Waals surface area contributed by atoms with Crippen molar-refractivity contribution in [2.45, 2.75) is 64.8 Å². The zero-order valence-corrected chi connectivity index (χ0v) is 10.9. The maximum atomic E-state index is 2.39. The van der Waals surface area contributed by atoms with E-state index in [2.05, 4.69) is 49.0 Å². The molecule has 0 radical (unpaired) electrons. The van der Waals surface area contributed by atoms with Crippen LogP contribution in [0.4, 0.5) is 0 Å². The van der Waals surface area contributed by atoms with E-state index in [-0.39, 0.29) is 0 Å². The molecule has 1 aromatic heterocycles. The van der Waals surface area contributed by atoms with E-state index in [9.17, 15) is 0 Å². The molecule has 1 heteroatoms. The lowest BCUT2D eigenvalue weighted by Crippen LogP contribution is -2.38. The van der Waals surface area contributed by atoms with Crippen molar-refractivity contribution < 1.29 is 4.57 Å². The van der Waals surface area contributed by atoms with Crippen LogP contribution >= 0.6 is 0 Å². The second-order valence-corrected chi connectivity index (χ2v) is 4.61. The Hall–Kier alpha value is -0.850. The van der Waals surface area contributed by atoms with Crippen LogP contribution in [0.15, 0.2) is 30.6 Å². The fourth-order valence-electron chi connectivity index (χ4n) is 2.17. The van der Waals surface area contributed by atoms with Gasteiger partial charge in [0.2, 0.25) is 0 Å². The Kier molecular flexibility index (Phi) is 6.87. The van der Waals surface area contributed by atoms with Crippen molar-refractivity contribution in [3.8, 4) is 0 Å². The molecule has 90 valence electrons. The molecule has 0 fully saturated rings. The minimum atomic E-state index is 0.715. The third-order valence-corrected chi connectivity index (χ3v) is 3.19. The van der Waals surface area contributed by atoms with Crippen molar-refractivity contribution in [2.24, 2.45) is 0 Å². The summed E-state index contributed by atoms with van der Waals surface area (Å²) in [5.74, 6) is 0. The van der Waals surface area contributed by atoms with Gasteiger partial charge in [0, 0.05) is 25.0 Å². The molecule has 0 aliphatic carbocycles. The molecular formula is C15H26N+. The van der Waals surface area contributed by atoms with Crippen molar-refractivity contribution >= 4 is 0 Å². The summed E-state index contributed by atoms with van der Waals surface area (Å²) in [6, 6.07) is 7.09. The molecule has 0 aromatic carbocycles. The third-order valence-electron chi connectivity index (χ3n) is 3.19. The quantitative estimate of drug-likeness (QED) is 0.454. The van der Waals surface area contributed by atoms with Crippen LogP contribution in [-0.2, 0) is 0 Å². The normalized spacial score (nSPS) is 12.6. The third kappa shape index (κ3) is 4.78. The highest BCUT2D eigenvalue weighted by atomic mass is 15.0. The van der Waals surface area contributed by atoms with E-state index in [1.54, 1.807) is 0 Å². The maximum Gasteiger partial charge on any atom is 0.169 e. The van der Waals surface area contributed by atoms with E-state index in [0.717, 1.165) is 0 Å². The molecular weight excluding hydrogens is 194 g/mol. The zero-order chi connectivity index (χ0) is 11.6. The van der Waals surface area contributed by atoms with Crippen LogP contribution in [0.5, 0.6) is 0 Å². The van der Waals surface area contributed by atoms with Crippen molar-refractivity contribution in [3.63, 3.8) is 0 Å². The van der Waals surface area contributed by atoms with E-state index in [1.165, 1.54) is 44.9 Å². The Labute approximate surface area is 101 Å². The van der Waals surface area contributed by atoms with Crippen molar-refractivity contribution in [3.05, 3.63) is 30.6 Å². The van der Waals surface area contributed by atoms with Gasteiger partial charge in [0.05, 0.1) is 0 Å². The van der Waals surface area contributed by atoms with Gasteiger partial charge in [0.1, 0.15) is 0 Å². The number of hydrogen-bond acceptors (Lipinski definition) is 0. The molecule has 0 saturated carbocycles. The highest BCUT2D eigenvalue weighted by Crippen LogP contribution is 2.16. The molecule has 0 N–H and O–H groups in total. The number of pyridine rings is 1. The molecule has 0 bridgehead atoms.